The molecule has 1 rings (SSSR count). The van der Waals surface area contributed by atoms with Crippen molar-refractivity contribution in [2.24, 2.45) is 0 Å². The second-order valence-corrected chi connectivity index (χ2v) is 3.03. The van der Waals surface area contributed by atoms with Crippen molar-refractivity contribution in [1.29, 1.82) is 0 Å². The molecule has 0 aliphatic heterocycles. The summed E-state index contributed by atoms with van der Waals surface area (Å²) in [4.78, 5) is 10.6. The number of ether oxygens (including phenoxy) is 1. The Bertz CT molecular complexity index is 393. The first-order valence-electron chi connectivity index (χ1n) is 4.42. The lowest BCUT2D eigenvalue weighted by atomic mass is 10.3. The second kappa shape index (κ2) is 4.83. The topological polar surface area (TPSA) is 26.3 Å². The zero-order chi connectivity index (χ0) is 12.2. The third-order valence-corrected chi connectivity index (χ3v) is 1.64. The van der Waals surface area contributed by atoms with Gasteiger partial charge in [-0.05, 0) is 19.1 Å². The molecule has 0 saturated carbocycles. The fourth-order valence-electron chi connectivity index (χ4n) is 0.970. The Balaban J connectivity index is 2.70. The van der Waals surface area contributed by atoms with Crippen molar-refractivity contribution in [3.63, 3.8) is 0 Å². The third kappa shape index (κ3) is 3.76. The Hall–Kier alpha value is -1.78. The number of hydrogen-bond acceptors (Lipinski definition) is 2. The molecule has 0 N–H and O–H groups in total. The lowest BCUT2D eigenvalue weighted by Crippen LogP contribution is -2.20. The number of benzene rings is 1. The molecule has 2 nitrogen and oxygen atoms in total. The third-order valence-electron chi connectivity index (χ3n) is 1.64. The molecule has 0 aliphatic rings. The number of rotatable bonds is 3. The molecule has 0 aliphatic carbocycles. The number of ketones is 1. The van der Waals surface area contributed by atoms with Gasteiger partial charge in [0.1, 0.15) is 11.5 Å². The van der Waals surface area contributed by atoms with E-state index in [-0.39, 0.29) is 5.76 Å². The molecule has 0 atom stereocenters. The quantitative estimate of drug-likeness (QED) is 0.589. The maximum absolute atomic E-state index is 11.9. The normalized spacial score (nSPS) is 12.4. The number of alkyl halides is 3. The van der Waals surface area contributed by atoms with Crippen LogP contribution >= 0.6 is 0 Å². The number of halogens is 3. The Morgan fingerprint density at radius 1 is 1.25 bits per heavy atom. The molecule has 0 unspecified atom stereocenters. The molecular formula is C11H9F3O2. The number of hydrogen-bond donors (Lipinski definition) is 0. The van der Waals surface area contributed by atoms with Crippen molar-refractivity contribution in [3.05, 3.63) is 42.2 Å². The van der Waals surface area contributed by atoms with Gasteiger partial charge in [-0.15, -0.1) is 0 Å². The summed E-state index contributed by atoms with van der Waals surface area (Å²) in [5, 5.41) is 0. The highest BCUT2D eigenvalue weighted by Crippen LogP contribution is 2.18. The highest BCUT2D eigenvalue weighted by atomic mass is 19.4. The van der Waals surface area contributed by atoms with Crippen LogP contribution in [0.4, 0.5) is 13.2 Å². The summed E-state index contributed by atoms with van der Waals surface area (Å²) in [6.07, 6.45) is -4.44. The van der Waals surface area contributed by atoms with Crippen molar-refractivity contribution < 1.29 is 22.7 Å². The average molecular weight is 230 g/mol. The summed E-state index contributed by atoms with van der Waals surface area (Å²) < 4.78 is 40.7. The molecule has 16 heavy (non-hydrogen) atoms. The van der Waals surface area contributed by atoms with E-state index in [2.05, 4.69) is 0 Å². The van der Waals surface area contributed by atoms with Crippen LogP contribution in [0, 0.1) is 0 Å². The van der Waals surface area contributed by atoms with E-state index in [0.717, 1.165) is 0 Å². The highest BCUT2D eigenvalue weighted by molar-refractivity contribution is 5.94. The summed E-state index contributed by atoms with van der Waals surface area (Å²) >= 11 is 0. The first-order valence-corrected chi connectivity index (χ1v) is 4.42. The molecule has 86 valence electrons. The van der Waals surface area contributed by atoms with E-state index < -0.39 is 12.0 Å². The van der Waals surface area contributed by atoms with E-state index in [0.29, 0.717) is 11.8 Å². The summed E-state index contributed by atoms with van der Waals surface area (Å²) in [5.41, 5.74) is 0. The SMILES string of the molecule is CC(=CC(=O)C(F)(F)F)Oc1ccccc1. The van der Waals surface area contributed by atoms with E-state index in [1.807, 2.05) is 0 Å². The number of carbonyl (C=O) groups is 1. The first-order chi connectivity index (χ1) is 7.39. The van der Waals surface area contributed by atoms with Gasteiger partial charge in [-0.3, -0.25) is 4.79 Å². The summed E-state index contributed by atoms with van der Waals surface area (Å²) in [6, 6.07) is 8.25. The van der Waals surface area contributed by atoms with Gasteiger partial charge in [-0.25, -0.2) is 0 Å². The van der Waals surface area contributed by atoms with Gasteiger partial charge in [0, 0.05) is 6.08 Å². The number of para-hydroxylation sites is 1. The molecule has 0 radical (unpaired) electrons. The van der Waals surface area contributed by atoms with Crippen molar-refractivity contribution in [2.75, 3.05) is 0 Å². The van der Waals surface area contributed by atoms with Crippen LogP contribution in [0.5, 0.6) is 5.75 Å². The zero-order valence-electron chi connectivity index (χ0n) is 8.41. The Morgan fingerprint density at radius 2 is 1.81 bits per heavy atom. The molecule has 0 amide bonds. The van der Waals surface area contributed by atoms with Crippen LogP contribution in [0.3, 0.4) is 0 Å². The minimum Gasteiger partial charge on any atom is -0.462 e. The Kier molecular flexibility index (Phi) is 3.71. The van der Waals surface area contributed by atoms with Crippen molar-refractivity contribution in [3.8, 4) is 5.75 Å². The van der Waals surface area contributed by atoms with Crippen LogP contribution in [-0.2, 0) is 4.79 Å². The van der Waals surface area contributed by atoms with Crippen molar-refractivity contribution in [2.45, 2.75) is 13.1 Å². The molecular weight excluding hydrogens is 221 g/mol. The van der Waals surface area contributed by atoms with Gasteiger partial charge in [0.05, 0.1) is 0 Å². The zero-order valence-corrected chi connectivity index (χ0v) is 8.41. The van der Waals surface area contributed by atoms with E-state index in [9.17, 15) is 18.0 Å². The predicted octanol–water partition coefficient (Wildman–Crippen LogP) is 3.10. The van der Waals surface area contributed by atoms with Gasteiger partial charge >= 0.3 is 6.18 Å². The van der Waals surface area contributed by atoms with Crippen LogP contribution in [0.1, 0.15) is 6.92 Å². The molecule has 0 heterocycles. The van der Waals surface area contributed by atoms with Crippen molar-refractivity contribution in [1.82, 2.24) is 0 Å². The van der Waals surface area contributed by atoms with Gasteiger partial charge in [-0.1, -0.05) is 18.2 Å². The fourth-order valence-corrected chi connectivity index (χ4v) is 0.970. The maximum atomic E-state index is 11.9. The summed E-state index contributed by atoms with van der Waals surface area (Å²) in [5.74, 6) is -1.65. The maximum Gasteiger partial charge on any atom is 0.454 e. The fraction of sp³-hybridized carbons (Fsp3) is 0.182. The standard InChI is InChI=1S/C11H9F3O2/c1-8(7-10(15)11(12,13)14)16-9-5-3-2-4-6-9/h2-7H,1H3. The first kappa shape index (κ1) is 12.3. The van der Waals surface area contributed by atoms with Crippen LogP contribution in [0.25, 0.3) is 0 Å². The highest BCUT2D eigenvalue weighted by Gasteiger charge is 2.36. The molecule has 0 aromatic heterocycles. The largest absolute Gasteiger partial charge is 0.462 e. The van der Waals surface area contributed by atoms with E-state index in [1.165, 1.54) is 6.92 Å². The Morgan fingerprint density at radius 3 is 2.31 bits per heavy atom. The summed E-state index contributed by atoms with van der Waals surface area (Å²) in [6.45, 7) is 1.29. The molecule has 0 spiro atoms. The van der Waals surface area contributed by atoms with Crippen LogP contribution in [0.15, 0.2) is 42.2 Å². The summed E-state index contributed by atoms with van der Waals surface area (Å²) in [7, 11) is 0. The molecule has 0 saturated heterocycles. The van der Waals surface area contributed by atoms with Crippen LogP contribution in [-0.4, -0.2) is 12.0 Å². The van der Waals surface area contributed by atoms with Gasteiger partial charge in [0.25, 0.3) is 5.78 Å². The molecule has 1 aromatic carbocycles. The number of carbonyl (C=O) groups excluding carboxylic acids is 1. The average Bonchev–Trinajstić information content (AvgIpc) is 2.17. The lowest BCUT2D eigenvalue weighted by Gasteiger charge is -2.06. The van der Waals surface area contributed by atoms with Gasteiger partial charge < -0.3 is 4.74 Å². The molecule has 1 aromatic rings. The molecule has 0 bridgehead atoms. The number of allylic oxidation sites excluding steroid dienone is 2. The van der Waals surface area contributed by atoms with Crippen LogP contribution < -0.4 is 4.74 Å². The lowest BCUT2D eigenvalue weighted by molar-refractivity contribution is -0.165. The van der Waals surface area contributed by atoms with E-state index in [4.69, 9.17) is 4.74 Å². The monoisotopic (exact) mass is 230 g/mol. The van der Waals surface area contributed by atoms with Crippen LogP contribution in [0.2, 0.25) is 0 Å². The smallest absolute Gasteiger partial charge is 0.454 e. The second-order valence-electron chi connectivity index (χ2n) is 3.03. The van der Waals surface area contributed by atoms with E-state index >= 15 is 0 Å². The minimum atomic E-state index is -4.86. The van der Waals surface area contributed by atoms with Crippen molar-refractivity contribution >= 4 is 5.78 Å². The van der Waals surface area contributed by atoms with Gasteiger partial charge in [0.15, 0.2) is 0 Å². The molecule has 0 fully saturated rings. The predicted molar refractivity (Wildman–Crippen MR) is 51.9 cm³/mol. The minimum absolute atomic E-state index is 0.103. The van der Waals surface area contributed by atoms with E-state index in [1.54, 1.807) is 30.3 Å². The Labute approximate surface area is 90.3 Å². The molecule has 5 heteroatoms. The van der Waals surface area contributed by atoms with Gasteiger partial charge in [0.2, 0.25) is 0 Å². The van der Waals surface area contributed by atoms with Gasteiger partial charge in [-0.2, -0.15) is 13.2 Å².